The lowest BCUT2D eigenvalue weighted by atomic mass is 9.78. The SMILES string of the molecule is O=Cc1c(F)cccc1OCC1CCCCC1c1ccnn1CC(F)(F)F. The third-order valence-corrected chi connectivity index (χ3v) is 4.95. The van der Waals surface area contributed by atoms with Crippen molar-refractivity contribution in [3.63, 3.8) is 0 Å². The molecule has 8 heteroatoms. The van der Waals surface area contributed by atoms with Crippen LogP contribution in [0.3, 0.4) is 0 Å². The summed E-state index contributed by atoms with van der Waals surface area (Å²) in [6.07, 6.45) is 0.822. The molecule has 0 bridgehead atoms. The third-order valence-electron chi connectivity index (χ3n) is 4.95. The molecule has 1 saturated carbocycles. The van der Waals surface area contributed by atoms with E-state index in [2.05, 4.69) is 5.10 Å². The molecule has 1 aromatic carbocycles. The van der Waals surface area contributed by atoms with Crippen LogP contribution < -0.4 is 4.74 Å². The Morgan fingerprint density at radius 3 is 2.74 bits per heavy atom. The van der Waals surface area contributed by atoms with E-state index < -0.39 is 18.5 Å². The predicted octanol–water partition coefficient (Wildman–Crippen LogP) is 4.75. The molecule has 2 atom stereocenters. The van der Waals surface area contributed by atoms with Gasteiger partial charge in [-0.15, -0.1) is 0 Å². The Hall–Kier alpha value is -2.38. The van der Waals surface area contributed by atoms with E-state index in [9.17, 15) is 22.4 Å². The van der Waals surface area contributed by atoms with Gasteiger partial charge in [0.05, 0.1) is 12.2 Å². The van der Waals surface area contributed by atoms with Gasteiger partial charge in [0, 0.05) is 23.7 Å². The van der Waals surface area contributed by atoms with Crippen LogP contribution in [0, 0.1) is 11.7 Å². The smallest absolute Gasteiger partial charge is 0.408 e. The first-order valence-corrected chi connectivity index (χ1v) is 8.84. The van der Waals surface area contributed by atoms with Crippen molar-refractivity contribution in [3.05, 3.63) is 47.5 Å². The number of carbonyl (C=O) groups excluding carboxylic acids is 1. The van der Waals surface area contributed by atoms with E-state index in [1.165, 1.54) is 24.4 Å². The molecule has 2 unspecified atom stereocenters. The second-order valence-corrected chi connectivity index (χ2v) is 6.76. The first-order chi connectivity index (χ1) is 12.9. The van der Waals surface area contributed by atoms with Crippen LogP contribution in [-0.4, -0.2) is 28.8 Å². The lowest BCUT2D eigenvalue weighted by molar-refractivity contribution is -0.143. The summed E-state index contributed by atoms with van der Waals surface area (Å²) in [4.78, 5) is 11.1. The van der Waals surface area contributed by atoms with Crippen LogP contribution in [0.15, 0.2) is 30.5 Å². The number of hydrogen-bond donors (Lipinski definition) is 0. The van der Waals surface area contributed by atoms with Crippen molar-refractivity contribution in [2.75, 3.05) is 6.61 Å². The first-order valence-electron chi connectivity index (χ1n) is 8.84. The summed E-state index contributed by atoms with van der Waals surface area (Å²) in [6.45, 7) is -0.926. The first kappa shape index (κ1) is 19.4. The molecule has 1 aliphatic rings. The summed E-state index contributed by atoms with van der Waals surface area (Å²) in [6, 6.07) is 5.76. The molecule has 0 amide bonds. The largest absolute Gasteiger partial charge is 0.492 e. The van der Waals surface area contributed by atoms with Gasteiger partial charge in [-0.05, 0) is 31.0 Å². The van der Waals surface area contributed by atoms with Gasteiger partial charge < -0.3 is 4.74 Å². The zero-order valence-corrected chi connectivity index (χ0v) is 14.6. The van der Waals surface area contributed by atoms with Crippen molar-refractivity contribution in [2.45, 2.75) is 44.3 Å². The molecule has 1 aliphatic carbocycles. The van der Waals surface area contributed by atoms with Gasteiger partial charge in [-0.1, -0.05) is 18.9 Å². The summed E-state index contributed by atoms with van der Waals surface area (Å²) in [5.41, 5.74) is 0.391. The van der Waals surface area contributed by atoms with Crippen LogP contribution in [0.1, 0.15) is 47.7 Å². The monoisotopic (exact) mass is 384 g/mol. The molecule has 0 radical (unpaired) electrons. The van der Waals surface area contributed by atoms with Crippen molar-refractivity contribution < 1.29 is 27.1 Å². The standard InChI is InChI=1S/C19H20F4N2O2/c20-16-6-3-7-18(15(16)10-26)27-11-13-4-1-2-5-14(13)17-8-9-24-25(17)12-19(21,22)23/h3,6-10,13-14H,1-2,4-5,11-12H2. The topological polar surface area (TPSA) is 44.1 Å². The number of alkyl halides is 3. The zero-order chi connectivity index (χ0) is 19.4. The maximum atomic E-state index is 13.7. The summed E-state index contributed by atoms with van der Waals surface area (Å²) >= 11 is 0. The minimum atomic E-state index is -4.35. The Bertz CT molecular complexity index is 788. The second-order valence-electron chi connectivity index (χ2n) is 6.76. The number of rotatable bonds is 6. The molecular formula is C19H20F4N2O2. The summed E-state index contributed by atoms with van der Waals surface area (Å²) < 4.78 is 58.8. The maximum Gasteiger partial charge on any atom is 0.408 e. The Balaban J connectivity index is 1.76. The van der Waals surface area contributed by atoms with Crippen molar-refractivity contribution in [1.82, 2.24) is 9.78 Å². The number of halogens is 4. The molecule has 2 aromatic rings. The molecule has 0 saturated heterocycles. The van der Waals surface area contributed by atoms with Crippen LogP contribution in [0.4, 0.5) is 17.6 Å². The minimum absolute atomic E-state index is 0.0368. The van der Waals surface area contributed by atoms with E-state index in [0.717, 1.165) is 30.4 Å². The highest BCUT2D eigenvalue weighted by Gasteiger charge is 2.34. The van der Waals surface area contributed by atoms with Gasteiger partial charge in [0.15, 0.2) is 6.29 Å². The predicted molar refractivity (Wildman–Crippen MR) is 90.3 cm³/mol. The molecule has 0 aliphatic heterocycles. The van der Waals surface area contributed by atoms with Gasteiger partial charge in [-0.3, -0.25) is 9.48 Å². The molecule has 3 rings (SSSR count). The molecule has 1 fully saturated rings. The zero-order valence-electron chi connectivity index (χ0n) is 14.6. The molecule has 0 spiro atoms. The Labute approximate surface area is 154 Å². The number of ether oxygens (including phenoxy) is 1. The molecule has 27 heavy (non-hydrogen) atoms. The maximum absolute atomic E-state index is 13.7. The van der Waals surface area contributed by atoms with Crippen LogP contribution in [0.5, 0.6) is 5.75 Å². The van der Waals surface area contributed by atoms with Crippen molar-refractivity contribution in [1.29, 1.82) is 0 Å². The Kier molecular flexibility index (Phi) is 5.82. The normalized spacial score (nSPS) is 20.4. The number of nitrogens with zero attached hydrogens (tertiary/aromatic N) is 2. The van der Waals surface area contributed by atoms with Gasteiger partial charge in [0.1, 0.15) is 18.1 Å². The fraction of sp³-hybridized carbons (Fsp3) is 0.474. The van der Waals surface area contributed by atoms with Gasteiger partial charge >= 0.3 is 6.18 Å². The van der Waals surface area contributed by atoms with E-state index in [-0.39, 0.29) is 29.8 Å². The van der Waals surface area contributed by atoms with E-state index in [1.807, 2.05) is 0 Å². The van der Waals surface area contributed by atoms with E-state index >= 15 is 0 Å². The summed E-state index contributed by atoms with van der Waals surface area (Å²) in [5.74, 6) is -0.675. The van der Waals surface area contributed by atoms with Crippen molar-refractivity contribution in [2.24, 2.45) is 5.92 Å². The fourth-order valence-corrected chi connectivity index (χ4v) is 3.71. The molecule has 146 valence electrons. The highest BCUT2D eigenvalue weighted by molar-refractivity contribution is 5.79. The Morgan fingerprint density at radius 2 is 2.00 bits per heavy atom. The molecule has 1 heterocycles. The van der Waals surface area contributed by atoms with Gasteiger partial charge in [0.25, 0.3) is 0 Å². The number of aldehydes is 1. The summed E-state index contributed by atoms with van der Waals surface area (Å²) in [5, 5.41) is 3.83. The Morgan fingerprint density at radius 1 is 1.22 bits per heavy atom. The van der Waals surface area contributed by atoms with Crippen LogP contribution >= 0.6 is 0 Å². The number of hydrogen-bond acceptors (Lipinski definition) is 3. The number of aromatic nitrogens is 2. The van der Waals surface area contributed by atoms with Gasteiger partial charge in [-0.25, -0.2) is 4.39 Å². The van der Waals surface area contributed by atoms with Crippen LogP contribution in [0.2, 0.25) is 0 Å². The van der Waals surface area contributed by atoms with Gasteiger partial charge in [-0.2, -0.15) is 18.3 Å². The average molecular weight is 384 g/mol. The highest BCUT2D eigenvalue weighted by atomic mass is 19.4. The van der Waals surface area contributed by atoms with Crippen LogP contribution in [0.25, 0.3) is 0 Å². The fourth-order valence-electron chi connectivity index (χ4n) is 3.71. The number of benzene rings is 1. The van der Waals surface area contributed by atoms with Crippen molar-refractivity contribution in [3.8, 4) is 5.75 Å². The van der Waals surface area contributed by atoms with E-state index in [0.29, 0.717) is 12.0 Å². The molecular weight excluding hydrogens is 364 g/mol. The third kappa shape index (κ3) is 4.67. The van der Waals surface area contributed by atoms with E-state index in [1.54, 1.807) is 6.07 Å². The average Bonchev–Trinajstić information content (AvgIpc) is 3.06. The molecule has 1 aromatic heterocycles. The van der Waals surface area contributed by atoms with Gasteiger partial charge in [0.2, 0.25) is 0 Å². The summed E-state index contributed by atoms with van der Waals surface area (Å²) in [7, 11) is 0. The minimum Gasteiger partial charge on any atom is -0.492 e. The lowest BCUT2D eigenvalue weighted by Gasteiger charge is -2.32. The lowest BCUT2D eigenvalue weighted by Crippen LogP contribution is -2.28. The van der Waals surface area contributed by atoms with Crippen LogP contribution in [-0.2, 0) is 6.54 Å². The van der Waals surface area contributed by atoms with Crippen molar-refractivity contribution >= 4 is 6.29 Å². The second kappa shape index (κ2) is 8.10. The quantitative estimate of drug-likeness (QED) is 0.533. The van der Waals surface area contributed by atoms with E-state index in [4.69, 9.17) is 4.74 Å². The molecule has 4 nitrogen and oxygen atoms in total. The number of carbonyl (C=O) groups is 1. The highest BCUT2D eigenvalue weighted by Crippen LogP contribution is 2.38. The molecule has 0 N–H and O–H groups in total.